The number of aromatic nitrogens is 2. The van der Waals surface area contributed by atoms with Gasteiger partial charge in [-0.1, -0.05) is 18.2 Å². The summed E-state index contributed by atoms with van der Waals surface area (Å²) < 4.78 is 1.98. The van der Waals surface area contributed by atoms with E-state index >= 15 is 0 Å². The maximum Gasteiger partial charge on any atom is 0.189 e. The van der Waals surface area contributed by atoms with Gasteiger partial charge in [0.05, 0.1) is 18.6 Å². The van der Waals surface area contributed by atoms with Crippen LogP contribution in [0.5, 0.6) is 0 Å². The van der Waals surface area contributed by atoms with Gasteiger partial charge in [-0.3, -0.25) is 0 Å². The van der Waals surface area contributed by atoms with Crippen LogP contribution in [-0.4, -0.2) is 21.6 Å². The van der Waals surface area contributed by atoms with E-state index in [-0.39, 0.29) is 0 Å². The number of guanidine groups is 1. The standard InChI is InChI=1S/C14H17N5/c15-14(18-12-5-6-12)17-9-11-3-1-2-4-13(11)19-8-7-16-10-19/h1-4,7-8,10,12H,5-6,9H2,(H3,15,17,18). The van der Waals surface area contributed by atoms with E-state index in [2.05, 4.69) is 27.4 Å². The first-order chi connectivity index (χ1) is 9.33. The molecule has 0 radical (unpaired) electrons. The summed E-state index contributed by atoms with van der Waals surface area (Å²) in [5.41, 5.74) is 8.06. The Morgan fingerprint density at radius 1 is 1.42 bits per heavy atom. The van der Waals surface area contributed by atoms with Crippen molar-refractivity contribution < 1.29 is 0 Å². The first kappa shape index (κ1) is 11.8. The molecule has 0 spiro atoms. The molecule has 19 heavy (non-hydrogen) atoms. The summed E-state index contributed by atoms with van der Waals surface area (Å²) in [4.78, 5) is 8.47. The average molecular weight is 255 g/mol. The summed E-state index contributed by atoms with van der Waals surface area (Å²) in [7, 11) is 0. The first-order valence-electron chi connectivity index (χ1n) is 6.45. The van der Waals surface area contributed by atoms with Gasteiger partial charge in [-0.15, -0.1) is 0 Å². The summed E-state index contributed by atoms with van der Waals surface area (Å²) in [6.45, 7) is 0.569. The highest BCUT2D eigenvalue weighted by Gasteiger charge is 2.21. The van der Waals surface area contributed by atoms with Crippen LogP contribution in [0.15, 0.2) is 48.0 Å². The third kappa shape index (κ3) is 2.93. The molecule has 0 bridgehead atoms. The van der Waals surface area contributed by atoms with Gasteiger partial charge in [-0.2, -0.15) is 0 Å². The minimum Gasteiger partial charge on any atom is -0.370 e. The third-order valence-electron chi connectivity index (χ3n) is 3.12. The highest BCUT2D eigenvalue weighted by molar-refractivity contribution is 5.78. The highest BCUT2D eigenvalue weighted by atomic mass is 15.1. The molecule has 98 valence electrons. The van der Waals surface area contributed by atoms with Crippen molar-refractivity contribution in [1.82, 2.24) is 14.9 Å². The van der Waals surface area contributed by atoms with Gasteiger partial charge in [0.25, 0.3) is 0 Å². The van der Waals surface area contributed by atoms with Crippen LogP contribution in [0.25, 0.3) is 5.69 Å². The fraction of sp³-hybridized carbons (Fsp3) is 0.286. The molecule has 3 rings (SSSR count). The molecule has 0 atom stereocenters. The normalized spacial score (nSPS) is 15.5. The molecule has 2 aromatic rings. The molecule has 5 nitrogen and oxygen atoms in total. The van der Waals surface area contributed by atoms with E-state index in [1.807, 2.05) is 22.9 Å². The SMILES string of the molecule is NC(=NCc1ccccc1-n1ccnc1)NC1CC1. The van der Waals surface area contributed by atoms with Crippen molar-refractivity contribution in [3.8, 4) is 5.69 Å². The minimum absolute atomic E-state index is 0.530. The highest BCUT2D eigenvalue weighted by Crippen LogP contribution is 2.18. The van der Waals surface area contributed by atoms with Crippen LogP contribution < -0.4 is 11.1 Å². The second-order valence-corrected chi connectivity index (χ2v) is 4.72. The smallest absolute Gasteiger partial charge is 0.189 e. The Morgan fingerprint density at radius 2 is 2.26 bits per heavy atom. The molecule has 1 aliphatic carbocycles. The Morgan fingerprint density at radius 3 is 3.00 bits per heavy atom. The lowest BCUT2D eigenvalue weighted by molar-refractivity contribution is 0.876. The number of imidazole rings is 1. The Labute approximate surface area is 112 Å². The molecular weight excluding hydrogens is 238 g/mol. The first-order valence-corrected chi connectivity index (χ1v) is 6.45. The van der Waals surface area contributed by atoms with Crippen molar-refractivity contribution in [2.75, 3.05) is 0 Å². The quantitative estimate of drug-likeness (QED) is 0.641. The van der Waals surface area contributed by atoms with Crippen molar-refractivity contribution in [1.29, 1.82) is 0 Å². The van der Waals surface area contributed by atoms with Crippen molar-refractivity contribution in [2.45, 2.75) is 25.4 Å². The van der Waals surface area contributed by atoms with E-state index in [4.69, 9.17) is 5.73 Å². The van der Waals surface area contributed by atoms with Crippen LogP contribution in [0.4, 0.5) is 0 Å². The Bertz CT molecular complexity index is 569. The van der Waals surface area contributed by atoms with Gasteiger partial charge >= 0.3 is 0 Å². The summed E-state index contributed by atoms with van der Waals surface area (Å²) in [5.74, 6) is 0.530. The zero-order chi connectivity index (χ0) is 13.1. The summed E-state index contributed by atoms with van der Waals surface area (Å²) in [6, 6.07) is 8.66. The maximum atomic E-state index is 5.85. The largest absolute Gasteiger partial charge is 0.370 e. The number of para-hydroxylation sites is 1. The fourth-order valence-corrected chi connectivity index (χ4v) is 1.95. The minimum atomic E-state index is 0.530. The van der Waals surface area contributed by atoms with Crippen molar-refractivity contribution in [3.05, 3.63) is 48.5 Å². The van der Waals surface area contributed by atoms with Crippen LogP contribution in [0, 0.1) is 0 Å². The molecule has 1 aromatic heterocycles. The van der Waals surface area contributed by atoms with Crippen LogP contribution in [0.1, 0.15) is 18.4 Å². The zero-order valence-corrected chi connectivity index (χ0v) is 10.7. The Kier molecular flexibility index (Phi) is 3.18. The maximum absolute atomic E-state index is 5.85. The number of hydrogen-bond acceptors (Lipinski definition) is 2. The van der Waals surface area contributed by atoms with Gasteiger partial charge in [-0.25, -0.2) is 9.98 Å². The average Bonchev–Trinajstić information content (AvgIpc) is 3.07. The second-order valence-electron chi connectivity index (χ2n) is 4.72. The predicted octanol–water partition coefficient (Wildman–Crippen LogP) is 1.44. The molecule has 1 aliphatic rings. The topological polar surface area (TPSA) is 68.2 Å². The van der Waals surface area contributed by atoms with Gasteiger partial charge < -0.3 is 15.6 Å². The number of nitrogens with zero attached hydrogens (tertiary/aromatic N) is 3. The van der Waals surface area contributed by atoms with Crippen molar-refractivity contribution in [3.63, 3.8) is 0 Å². The number of hydrogen-bond donors (Lipinski definition) is 2. The second kappa shape index (κ2) is 5.14. The number of nitrogens with one attached hydrogen (secondary N) is 1. The molecule has 1 aromatic carbocycles. The van der Waals surface area contributed by atoms with E-state index in [9.17, 15) is 0 Å². The van der Waals surface area contributed by atoms with Gasteiger partial charge in [0.1, 0.15) is 0 Å². The molecule has 5 heteroatoms. The van der Waals surface area contributed by atoms with Crippen LogP contribution >= 0.6 is 0 Å². The van der Waals surface area contributed by atoms with Gasteiger partial charge in [0.15, 0.2) is 5.96 Å². The zero-order valence-electron chi connectivity index (χ0n) is 10.7. The molecule has 0 unspecified atom stereocenters. The fourth-order valence-electron chi connectivity index (χ4n) is 1.95. The summed E-state index contributed by atoms with van der Waals surface area (Å²) in [5, 5.41) is 3.19. The lowest BCUT2D eigenvalue weighted by Crippen LogP contribution is -2.33. The van der Waals surface area contributed by atoms with E-state index in [1.54, 1.807) is 12.5 Å². The predicted molar refractivity (Wildman–Crippen MR) is 75.0 cm³/mol. The van der Waals surface area contributed by atoms with E-state index in [0.717, 1.165) is 11.3 Å². The molecule has 1 heterocycles. The molecule has 0 amide bonds. The monoisotopic (exact) mass is 255 g/mol. The van der Waals surface area contributed by atoms with E-state index in [0.29, 0.717) is 18.5 Å². The molecule has 0 aliphatic heterocycles. The van der Waals surface area contributed by atoms with Gasteiger partial charge in [0.2, 0.25) is 0 Å². The molecular formula is C14H17N5. The number of nitrogens with two attached hydrogens (primary N) is 1. The lowest BCUT2D eigenvalue weighted by Gasteiger charge is -2.09. The van der Waals surface area contributed by atoms with Crippen LogP contribution in [0.2, 0.25) is 0 Å². The molecule has 0 saturated heterocycles. The molecule has 1 fully saturated rings. The molecule has 1 saturated carbocycles. The van der Waals surface area contributed by atoms with Crippen LogP contribution in [0.3, 0.4) is 0 Å². The van der Waals surface area contributed by atoms with E-state index < -0.39 is 0 Å². The van der Waals surface area contributed by atoms with E-state index in [1.165, 1.54) is 12.8 Å². The Hall–Kier alpha value is -2.30. The van der Waals surface area contributed by atoms with Crippen LogP contribution in [-0.2, 0) is 6.54 Å². The number of benzene rings is 1. The van der Waals surface area contributed by atoms with Crippen molar-refractivity contribution in [2.24, 2.45) is 10.7 Å². The Balaban J connectivity index is 1.77. The van der Waals surface area contributed by atoms with Crippen molar-refractivity contribution >= 4 is 5.96 Å². The molecule has 3 N–H and O–H groups in total. The number of rotatable bonds is 4. The summed E-state index contributed by atoms with van der Waals surface area (Å²) in [6.07, 6.45) is 7.87. The van der Waals surface area contributed by atoms with Gasteiger partial charge in [-0.05, 0) is 24.5 Å². The summed E-state index contributed by atoms with van der Waals surface area (Å²) >= 11 is 0. The third-order valence-corrected chi connectivity index (χ3v) is 3.12. The lowest BCUT2D eigenvalue weighted by atomic mass is 10.2. The van der Waals surface area contributed by atoms with Gasteiger partial charge in [0, 0.05) is 18.4 Å². The number of aliphatic imine (C=N–C) groups is 1.